The van der Waals surface area contributed by atoms with Gasteiger partial charge < -0.3 is 0 Å². The van der Waals surface area contributed by atoms with E-state index >= 15 is 0 Å². The average molecular weight is 167 g/mol. The van der Waals surface area contributed by atoms with Crippen molar-refractivity contribution < 1.29 is 4.79 Å². The summed E-state index contributed by atoms with van der Waals surface area (Å²) in [5.41, 5.74) is 0.717. The Labute approximate surface area is 71.1 Å². The number of Topliss-reactive ketones (excluding diaryl/α,β-unsaturated/α-hetero) is 1. The Morgan fingerprint density at radius 2 is 2.09 bits per heavy atom. The predicted octanol–water partition coefficient (Wildman–Crippen LogP) is 1.58. The van der Waals surface area contributed by atoms with Gasteiger partial charge in [-0.25, -0.2) is 0 Å². The Kier molecular flexibility index (Phi) is 3.11. The van der Waals surface area contributed by atoms with E-state index in [9.17, 15) is 4.79 Å². The molecule has 0 aromatic carbocycles. The van der Waals surface area contributed by atoms with Crippen molar-refractivity contribution >= 4 is 18.4 Å². The van der Waals surface area contributed by atoms with Crippen LogP contribution in [0.3, 0.4) is 0 Å². The Balaban J connectivity index is 2.69. The molecule has 2 nitrogen and oxygen atoms in total. The molecule has 0 fully saturated rings. The zero-order chi connectivity index (χ0) is 8.10. The lowest BCUT2D eigenvalue weighted by atomic mass is 10.1. The van der Waals surface area contributed by atoms with Gasteiger partial charge in [0, 0.05) is 24.4 Å². The van der Waals surface area contributed by atoms with E-state index in [1.165, 1.54) is 0 Å². The lowest BCUT2D eigenvalue weighted by Gasteiger charge is -1.95. The first-order valence-corrected chi connectivity index (χ1v) is 4.02. The minimum absolute atomic E-state index is 0.127. The molecule has 0 amide bonds. The second-order valence-electron chi connectivity index (χ2n) is 2.13. The van der Waals surface area contributed by atoms with Crippen LogP contribution in [0.5, 0.6) is 0 Å². The van der Waals surface area contributed by atoms with Gasteiger partial charge in [-0.05, 0) is 17.9 Å². The molecule has 1 aromatic heterocycles. The van der Waals surface area contributed by atoms with Crippen molar-refractivity contribution in [1.82, 2.24) is 4.98 Å². The third kappa shape index (κ3) is 2.35. The number of pyridine rings is 1. The summed E-state index contributed by atoms with van der Waals surface area (Å²) >= 11 is 3.97. The molecule has 0 aliphatic carbocycles. The maximum Gasteiger partial charge on any atom is 0.163 e. The second-order valence-corrected chi connectivity index (χ2v) is 2.58. The van der Waals surface area contributed by atoms with Crippen LogP contribution in [0.15, 0.2) is 24.5 Å². The number of hydrogen-bond acceptors (Lipinski definition) is 3. The number of nitrogens with zero attached hydrogens (tertiary/aromatic N) is 1. The molecule has 0 spiro atoms. The highest BCUT2D eigenvalue weighted by Gasteiger charge is 2.01. The van der Waals surface area contributed by atoms with Gasteiger partial charge in [0.15, 0.2) is 5.78 Å². The second kappa shape index (κ2) is 4.13. The summed E-state index contributed by atoms with van der Waals surface area (Å²) in [6.07, 6.45) is 3.73. The number of carbonyl (C=O) groups is 1. The molecule has 0 N–H and O–H groups in total. The van der Waals surface area contributed by atoms with E-state index in [2.05, 4.69) is 17.6 Å². The standard InChI is InChI=1S/C8H9NOS/c10-8(3-6-11)7-1-4-9-5-2-7/h1-2,4-5,11H,3,6H2. The fourth-order valence-corrected chi connectivity index (χ4v) is 0.987. The zero-order valence-corrected chi connectivity index (χ0v) is 6.92. The molecule has 0 unspecified atom stereocenters. The average Bonchev–Trinajstić information content (AvgIpc) is 2.07. The molecule has 0 aliphatic rings. The molecule has 0 atom stereocenters. The first kappa shape index (κ1) is 8.27. The highest BCUT2D eigenvalue weighted by molar-refractivity contribution is 7.80. The van der Waals surface area contributed by atoms with Crippen LogP contribution in [0.1, 0.15) is 16.8 Å². The van der Waals surface area contributed by atoms with Gasteiger partial charge in [0.1, 0.15) is 0 Å². The topological polar surface area (TPSA) is 30.0 Å². The normalized spacial score (nSPS) is 9.55. The number of ketones is 1. The molecule has 11 heavy (non-hydrogen) atoms. The lowest BCUT2D eigenvalue weighted by Crippen LogP contribution is -1.98. The summed E-state index contributed by atoms with van der Waals surface area (Å²) in [7, 11) is 0. The van der Waals surface area contributed by atoms with Gasteiger partial charge in [0.2, 0.25) is 0 Å². The van der Waals surface area contributed by atoms with Gasteiger partial charge in [0.05, 0.1) is 0 Å². The molecule has 1 rings (SSSR count). The molecule has 3 heteroatoms. The summed E-state index contributed by atoms with van der Waals surface area (Å²) in [6.45, 7) is 0. The highest BCUT2D eigenvalue weighted by Crippen LogP contribution is 2.01. The highest BCUT2D eigenvalue weighted by atomic mass is 32.1. The van der Waals surface area contributed by atoms with Gasteiger partial charge in [-0.3, -0.25) is 9.78 Å². The lowest BCUT2D eigenvalue weighted by molar-refractivity contribution is 0.0989. The van der Waals surface area contributed by atoms with Crippen molar-refractivity contribution in [3.8, 4) is 0 Å². The van der Waals surface area contributed by atoms with Crippen LogP contribution < -0.4 is 0 Å². The molecule has 0 bridgehead atoms. The Hall–Kier alpha value is -0.830. The number of rotatable bonds is 3. The molecule has 58 valence electrons. The van der Waals surface area contributed by atoms with Gasteiger partial charge >= 0.3 is 0 Å². The largest absolute Gasteiger partial charge is 0.294 e. The zero-order valence-electron chi connectivity index (χ0n) is 6.03. The number of thiol groups is 1. The molecule has 1 aromatic rings. The van der Waals surface area contributed by atoms with E-state index in [-0.39, 0.29) is 5.78 Å². The van der Waals surface area contributed by atoms with Crippen LogP contribution in [0.4, 0.5) is 0 Å². The first-order valence-electron chi connectivity index (χ1n) is 3.38. The smallest absolute Gasteiger partial charge is 0.163 e. The third-order valence-corrected chi connectivity index (χ3v) is 1.56. The fourth-order valence-electron chi connectivity index (χ4n) is 0.784. The van der Waals surface area contributed by atoms with Crippen molar-refractivity contribution in [2.45, 2.75) is 6.42 Å². The van der Waals surface area contributed by atoms with Crippen molar-refractivity contribution in [2.24, 2.45) is 0 Å². The van der Waals surface area contributed by atoms with Crippen molar-refractivity contribution in [3.05, 3.63) is 30.1 Å². The maximum atomic E-state index is 11.2. The monoisotopic (exact) mass is 167 g/mol. The van der Waals surface area contributed by atoms with Crippen molar-refractivity contribution in [2.75, 3.05) is 5.75 Å². The fraction of sp³-hybridized carbons (Fsp3) is 0.250. The third-order valence-electron chi connectivity index (χ3n) is 1.34. The summed E-state index contributed by atoms with van der Waals surface area (Å²) in [5.74, 6) is 0.726. The van der Waals surface area contributed by atoms with Crippen LogP contribution >= 0.6 is 12.6 Å². The summed E-state index contributed by atoms with van der Waals surface area (Å²) in [6, 6.07) is 3.43. The summed E-state index contributed by atoms with van der Waals surface area (Å²) < 4.78 is 0. The molecule has 0 aliphatic heterocycles. The quantitative estimate of drug-likeness (QED) is 0.547. The first-order chi connectivity index (χ1) is 5.34. The number of hydrogen-bond donors (Lipinski definition) is 1. The Morgan fingerprint density at radius 3 is 2.64 bits per heavy atom. The summed E-state index contributed by atoms with van der Waals surface area (Å²) in [5, 5.41) is 0. The molecular weight excluding hydrogens is 158 g/mol. The number of carbonyl (C=O) groups excluding carboxylic acids is 1. The van der Waals surface area contributed by atoms with Crippen LogP contribution in [0, 0.1) is 0 Å². The van der Waals surface area contributed by atoms with Gasteiger partial charge in [0.25, 0.3) is 0 Å². The van der Waals surface area contributed by atoms with Crippen molar-refractivity contribution in [3.63, 3.8) is 0 Å². The SMILES string of the molecule is O=C(CCS)c1ccncc1. The number of aromatic nitrogens is 1. The van der Waals surface area contributed by atoms with E-state index in [1.54, 1.807) is 24.5 Å². The molecule has 0 radical (unpaired) electrons. The molecule has 0 saturated carbocycles. The van der Waals surface area contributed by atoms with E-state index in [0.29, 0.717) is 17.7 Å². The van der Waals surface area contributed by atoms with Crippen LogP contribution in [-0.2, 0) is 0 Å². The Morgan fingerprint density at radius 1 is 1.45 bits per heavy atom. The van der Waals surface area contributed by atoms with Crippen LogP contribution in [0.25, 0.3) is 0 Å². The molecular formula is C8H9NOS. The maximum absolute atomic E-state index is 11.2. The van der Waals surface area contributed by atoms with Crippen LogP contribution in [-0.4, -0.2) is 16.5 Å². The van der Waals surface area contributed by atoms with E-state index < -0.39 is 0 Å². The minimum atomic E-state index is 0.127. The van der Waals surface area contributed by atoms with Crippen LogP contribution in [0.2, 0.25) is 0 Å². The van der Waals surface area contributed by atoms with Gasteiger partial charge in [-0.15, -0.1) is 0 Å². The van der Waals surface area contributed by atoms with Gasteiger partial charge in [-0.1, -0.05) is 0 Å². The van der Waals surface area contributed by atoms with E-state index in [0.717, 1.165) is 0 Å². The molecule has 0 saturated heterocycles. The predicted molar refractivity (Wildman–Crippen MR) is 47.0 cm³/mol. The van der Waals surface area contributed by atoms with Gasteiger partial charge in [-0.2, -0.15) is 12.6 Å². The van der Waals surface area contributed by atoms with Crippen molar-refractivity contribution in [1.29, 1.82) is 0 Å². The molecule has 1 heterocycles. The van der Waals surface area contributed by atoms with E-state index in [4.69, 9.17) is 0 Å². The minimum Gasteiger partial charge on any atom is -0.294 e. The summed E-state index contributed by atoms with van der Waals surface area (Å²) in [4.78, 5) is 15.0. The Bertz CT molecular complexity index is 235. The van der Waals surface area contributed by atoms with E-state index in [1.807, 2.05) is 0 Å².